The highest BCUT2D eigenvalue weighted by Crippen LogP contribution is 2.26. The second-order valence-corrected chi connectivity index (χ2v) is 7.80. The molecule has 1 aliphatic rings. The molecule has 0 saturated carbocycles. The van der Waals surface area contributed by atoms with Crippen molar-refractivity contribution in [3.63, 3.8) is 0 Å². The van der Waals surface area contributed by atoms with Crippen molar-refractivity contribution < 1.29 is 14.3 Å². The van der Waals surface area contributed by atoms with Crippen LogP contribution >= 0.6 is 12.2 Å². The molecule has 1 heterocycles. The number of methoxy groups -OCH3 is 1. The Morgan fingerprint density at radius 1 is 1.06 bits per heavy atom. The number of nitrogens with one attached hydrogen (secondary N) is 2. The molecule has 0 bridgehead atoms. The van der Waals surface area contributed by atoms with Gasteiger partial charge in [-0.05, 0) is 52.8 Å². The molecule has 2 N–H and O–H groups in total. The molecular weight excluding hydrogens is 410 g/mol. The molecule has 3 aromatic rings. The van der Waals surface area contributed by atoms with Gasteiger partial charge in [0.2, 0.25) is 0 Å². The minimum absolute atomic E-state index is 0.237. The number of fused-ring (bicyclic) bond motifs is 1. The smallest absolute Gasteiger partial charge is 0.261 e. The highest BCUT2D eigenvalue weighted by molar-refractivity contribution is 7.80. The van der Waals surface area contributed by atoms with Crippen LogP contribution in [0.25, 0.3) is 10.8 Å². The fraction of sp³-hybridized carbons (Fsp3) is 0.250. The first-order valence-corrected chi connectivity index (χ1v) is 10.6. The van der Waals surface area contributed by atoms with Gasteiger partial charge in [-0.15, -0.1) is 0 Å². The molecule has 3 aromatic carbocycles. The normalized spacial score (nSPS) is 14.2. The number of rotatable bonds is 5. The predicted octanol–water partition coefficient (Wildman–Crippen LogP) is 3.81. The van der Waals surface area contributed by atoms with E-state index in [4.69, 9.17) is 21.7 Å². The molecule has 1 fully saturated rings. The number of nitrogens with zero attached hydrogens (tertiary/aromatic N) is 1. The summed E-state index contributed by atoms with van der Waals surface area (Å²) in [4.78, 5) is 15.2. The maximum atomic E-state index is 12.8. The topological polar surface area (TPSA) is 62.8 Å². The number of carbonyl (C=O) groups is 1. The number of carbonyl (C=O) groups excluding carboxylic acids is 1. The van der Waals surface area contributed by atoms with Gasteiger partial charge in [-0.1, -0.05) is 36.4 Å². The zero-order valence-corrected chi connectivity index (χ0v) is 18.2. The number of thiocarbonyl (C=S) groups is 1. The third kappa shape index (κ3) is 5.38. The number of benzene rings is 3. The second kappa shape index (κ2) is 9.87. The van der Waals surface area contributed by atoms with Crippen molar-refractivity contribution in [2.24, 2.45) is 0 Å². The highest BCUT2D eigenvalue weighted by Gasteiger charge is 2.15. The minimum atomic E-state index is -0.316. The number of hydrogen-bond donors (Lipinski definition) is 2. The van der Waals surface area contributed by atoms with Crippen molar-refractivity contribution in [2.75, 3.05) is 38.7 Å². The van der Waals surface area contributed by atoms with Gasteiger partial charge in [0.25, 0.3) is 5.91 Å². The van der Waals surface area contributed by atoms with Crippen molar-refractivity contribution in [3.8, 4) is 5.75 Å². The molecule has 0 aromatic heterocycles. The molecule has 6 nitrogen and oxygen atoms in total. The fourth-order valence-electron chi connectivity index (χ4n) is 3.61. The van der Waals surface area contributed by atoms with E-state index in [1.54, 1.807) is 7.11 Å². The largest absolute Gasteiger partial charge is 0.496 e. The van der Waals surface area contributed by atoms with Crippen molar-refractivity contribution in [1.29, 1.82) is 0 Å². The Hall–Kier alpha value is -3.00. The molecule has 1 amide bonds. The van der Waals surface area contributed by atoms with Gasteiger partial charge in [0.15, 0.2) is 5.11 Å². The third-order valence-electron chi connectivity index (χ3n) is 5.26. The molecule has 0 unspecified atom stereocenters. The van der Waals surface area contributed by atoms with E-state index in [1.807, 2.05) is 48.5 Å². The van der Waals surface area contributed by atoms with E-state index in [0.29, 0.717) is 11.3 Å². The number of amides is 1. The molecule has 1 saturated heterocycles. The van der Waals surface area contributed by atoms with Crippen LogP contribution in [-0.2, 0) is 11.3 Å². The Labute approximate surface area is 187 Å². The summed E-state index contributed by atoms with van der Waals surface area (Å²) in [5, 5.41) is 8.02. The maximum Gasteiger partial charge on any atom is 0.261 e. The van der Waals surface area contributed by atoms with Crippen LogP contribution in [0.4, 0.5) is 5.69 Å². The van der Waals surface area contributed by atoms with Gasteiger partial charge >= 0.3 is 0 Å². The average Bonchev–Trinajstić information content (AvgIpc) is 2.80. The van der Waals surface area contributed by atoms with Gasteiger partial charge in [-0.25, -0.2) is 0 Å². The van der Waals surface area contributed by atoms with Gasteiger partial charge in [0.1, 0.15) is 5.75 Å². The second-order valence-electron chi connectivity index (χ2n) is 7.39. The lowest BCUT2D eigenvalue weighted by molar-refractivity contribution is 0.0342. The van der Waals surface area contributed by atoms with Crippen LogP contribution in [0.1, 0.15) is 15.9 Å². The molecule has 0 atom stereocenters. The van der Waals surface area contributed by atoms with Gasteiger partial charge in [-0.3, -0.25) is 15.0 Å². The van der Waals surface area contributed by atoms with Crippen molar-refractivity contribution >= 4 is 39.7 Å². The Bertz CT molecular complexity index is 1080. The van der Waals surface area contributed by atoms with Crippen LogP contribution in [0, 0.1) is 0 Å². The summed E-state index contributed by atoms with van der Waals surface area (Å²) in [5.41, 5.74) is 2.48. The minimum Gasteiger partial charge on any atom is -0.496 e. The summed E-state index contributed by atoms with van der Waals surface area (Å²) in [6.45, 7) is 4.38. The molecule has 160 valence electrons. The van der Waals surface area contributed by atoms with Gasteiger partial charge in [0, 0.05) is 25.3 Å². The zero-order valence-electron chi connectivity index (χ0n) is 17.4. The van der Waals surface area contributed by atoms with Gasteiger partial charge in [0.05, 0.1) is 25.9 Å². The number of anilines is 1. The maximum absolute atomic E-state index is 12.8. The molecule has 31 heavy (non-hydrogen) atoms. The lowest BCUT2D eigenvalue weighted by Gasteiger charge is -2.26. The van der Waals surface area contributed by atoms with Gasteiger partial charge < -0.3 is 14.8 Å². The molecular formula is C24H25N3O3S. The first-order chi connectivity index (χ1) is 15.1. The van der Waals surface area contributed by atoms with Crippen LogP contribution in [0.2, 0.25) is 0 Å². The van der Waals surface area contributed by atoms with Crippen molar-refractivity contribution in [3.05, 3.63) is 71.8 Å². The summed E-state index contributed by atoms with van der Waals surface area (Å²) in [7, 11) is 1.55. The van der Waals surface area contributed by atoms with E-state index in [9.17, 15) is 4.79 Å². The summed E-state index contributed by atoms with van der Waals surface area (Å²) in [6.07, 6.45) is 0. The standard InChI is InChI=1S/C24H25N3O3S/c1-29-22-15-19-5-3-2-4-18(19)14-21(22)23(28)26-24(31)25-20-8-6-17(7-9-20)16-27-10-12-30-13-11-27/h2-9,14-15H,10-13,16H2,1H3,(H2,25,26,28,31). The summed E-state index contributed by atoms with van der Waals surface area (Å²) >= 11 is 5.35. The average molecular weight is 436 g/mol. The Kier molecular flexibility index (Phi) is 6.76. The Morgan fingerprint density at radius 3 is 2.42 bits per heavy atom. The summed E-state index contributed by atoms with van der Waals surface area (Å²) < 4.78 is 10.8. The molecule has 0 radical (unpaired) electrons. The third-order valence-corrected chi connectivity index (χ3v) is 5.47. The number of morpholine rings is 1. The Balaban J connectivity index is 1.38. The van der Waals surface area contributed by atoms with Crippen LogP contribution < -0.4 is 15.4 Å². The first kappa shape index (κ1) is 21.2. The highest BCUT2D eigenvalue weighted by atomic mass is 32.1. The van der Waals surface area contributed by atoms with Gasteiger partial charge in [-0.2, -0.15) is 0 Å². The van der Waals surface area contributed by atoms with E-state index in [-0.39, 0.29) is 11.0 Å². The molecule has 7 heteroatoms. The van der Waals surface area contributed by atoms with Crippen LogP contribution in [0.3, 0.4) is 0 Å². The number of hydrogen-bond acceptors (Lipinski definition) is 5. The Morgan fingerprint density at radius 2 is 1.74 bits per heavy atom. The SMILES string of the molecule is COc1cc2ccccc2cc1C(=O)NC(=S)Nc1ccc(CN2CCOCC2)cc1. The van der Waals surface area contributed by atoms with E-state index in [2.05, 4.69) is 27.7 Å². The van der Waals surface area contributed by atoms with E-state index >= 15 is 0 Å². The quantitative estimate of drug-likeness (QED) is 0.595. The lowest BCUT2D eigenvalue weighted by Crippen LogP contribution is -2.35. The number of ether oxygens (including phenoxy) is 2. The molecule has 1 aliphatic heterocycles. The summed E-state index contributed by atoms with van der Waals surface area (Å²) in [5.74, 6) is 0.190. The first-order valence-electron chi connectivity index (χ1n) is 10.2. The predicted molar refractivity (Wildman–Crippen MR) is 127 cm³/mol. The fourth-order valence-corrected chi connectivity index (χ4v) is 3.82. The van der Waals surface area contributed by atoms with Crippen molar-refractivity contribution in [2.45, 2.75) is 6.54 Å². The van der Waals surface area contributed by atoms with E-state index in [0.717, 1.165) is 49.3 Å². The van der Waals surface area contributed by atoms with E-state index in [1.165, 1.54) is 5.56 Å². The summed E-state index contributed by atoms with van der Waals surface area (Å²) in [6, 6.07) is 19.5. The molecule has 4 rings (SSSR count). The molecule has 0 spiro atoms. The van der Waals surface area contributed by atoms with Crippen LogP contribution in [0.15, 0.2) is 60.7 Å². The van der Waals surface area contributed by atoms with Crippen LogP contribution in [0.5, 0.6) is 5.75 Å². The van der Waals surface area contributed by atoms with Crippen LogP contribution in [-0.4, -0.2) is 49.3 Å². The van der Waals surface area contributed by atoms with Crippen molar-refractivity contribution in [1.82, 2.24) is 10.2 Å². The van der Waals surface area contributed by atoms with E-state index < -0.39 is 0 Å². The molecule has 0 aliphatic carbocycles. The lowest BCUT2D eigenvalue weighted by atomic mass is 10.1. The zero-order chi connectivity index (χ0) is 21.6. The monoisotopic (exact) mass is 435 g/mol.